The van der Waals surface area contributed by atoms with Crippen molar-refractivity contribution < 1.29 is 38.0 Å². The lowest BCUT2D eigenvalue weighted by molar-refractivity contribution is -0.162. The Labute approximate surface area is 143 Å². The summed E-state index contributed by atoms with van der Waals surface area (Å²) in [6, 6.07) is 0. The van der Waals surface area contributed by atoms with Gasteiger partial charge in [-0.05, 0) is 20.8 Å². The quantitative estimate of drug-likeness (QED) is 0.230. The molecular weight excluding hydrogens is 320 g/mol. The summed E-state index contributed by atoms with van der Waals surface area (Å²) in [5.41, 5.74) is 0. The van der Waals surface area contributed by atoms with Crippen molar-refractivity contribution in [1.29, 1.82) is 0 Å². The summed E-state index contributed by atoms with van der Waals surface area (Å²) in [6.45, 7) is 9.07. The van der Waals surface area contributed by atoms with Gasteiger partial charge in [-0.1, -0.05) is 0 Å². The van der Waals surface area contributed by atoms with Crippen LogP contribution < -0.4 is 0 Å². The molecule has 0 N–H and O–H groups in total. The summed E-state index contributed by atoms with van der Waals surface area (Å²) >= 11 is 0. The lowest BCUT2D eigenvalue weighted by Crippen LogP contribution is -2.27. The molecule has 0 fully saturated rings. The molecule has 24 heavy (non-hydrogen) atoms. The van der Waals surface area contributed by atoms with Gasteiger partial charge < -0.3 is 28.4 Å². The summed E-state index contributed by atoms with van der Waals surface area (Å²) < 4.78 is 30.5. The average molecular weight is 350 g/mol. The van der Waals surface area contributed by atoms with Gasteiger partial charge in [-0.25, -0.2) is 0 Å². The van der Waals surface area contributed by atoms with Gasteiger partial charge in [0.05, 0.1) is 39.6 Å². The van der Waals surface area contributed by atoms with Gasteiger partial charge in [0.2, 0.25) is 0 Å². The van der Waals surface area contributed by atoms with Crippen LogP contribution in [0.2, 0.25) is 0 Å². The Morgan fingerprint density at radius 2 is 0.958 bits per heavy atom. The van der Waals surface area contributed by atoms with Crippen molar-refractivity contribution in [3.63, 3.8) is 0 Å². The van der Waals surface area contributed by atoms with E-state index in [0.29, 0.717) is 39.6 Å². The normalized spacial score (nSPS) is 10.8. The number of hydrogen-bond donors (Lipinski definition) is 0. The second-order valence-corrected chi connectivity index (χ2v) is 4.68. The molecule has 8 nitrogen and oxygen atoms in total. The molecule has 0 aliphatic carbocycles. The van der Waals surface area contributed by atoms with Crippen molar-refractivity contribution in [2.24, 2.45) is 5.92 Å². The molecule has 0 heterocycles. The Morgan fingerprint density at radius 3 is 1.33 bits per heavy atom. The second-order valence-electron chi connectivity index (χ2n) is 4.68. The summed E-state index contributed by atoms with van der Waals surface area (Å²) in [5.74, 6) is -2.24. The van der Waals surface area contributed by atoms with Gasteiger partial charge in [-0.3, -0.25) is 9.59 Å². The zero-order chi connectivity index (χ0) is 18.0. The molecule has 0 aromatic rings. The molecule has 0 spiro atoms. The topological polar surface area (TPSA) is 89.5 Å². The van der Waals surface area contributed by atoms with Crippen molar-refractivity contribution in [3.05, 3.63) is 0 Å². The lowest BCUT2D eigenvalue weighted by Gasteiger charge is -2.12. The van der Waals surface area contributed by atoms with E-state index in [1.165, 1.54) is 6.92 Å². The Balaban J connectivity index is 3.59. The minimum absolute atomic E-state index is 0.0864. The fourth-order valence-corrected chi connectivity index (χ4v) is 1.48. The first-order valence-corrected chi connectivity index (χ1v) is 8.27. The number of carbonyl (C=O) groups is 2. The van der Waals surface area contributed by atoms with E-state index in [0.717, 1.165) is 0 Å². The van der Waals surface area contributed by atoms with Crippen LogP contribution in [0.5, 0.6) is 0 Å². The van der Waals surface area contributed by atoms with Gasteiger partial charge in [0.15, 0.2) is 5.92 Å². The van der Waals surface area contributed by atoms with Crippen molar-refractivity contribution in [2.75, 3.05) is 66.1 Å². The molecule has 0 aromatic carbocycles. The molecule has 0 bridgehead atoms. The van der Waals surface area contributed by atoms with Gasteiger partial charge >= 0.3 is 11.9 Å². The van der Waals surface area contributed by atoms with Gasteiger partial charge in [-0.2, -0.15) is 0 Å². The first-order chi connectivity index (χ1) is 11.6. The highest BCUT2D eigenvalue weighted by Crippen LogP contribution is 2.02. The number of rotatable bonds is 16. The molecule has 0 radical (unpaired) electrons. The van der Waals surface area contributed by atoms with Crippen molar-refractivity contribution in [2.45, 2.75) is 20.8 Å². The van der Waals surface area contributed by atoms with Crippen LogP contribution in [0.3, 0.4) is 0 Å². The maximum absolute atomic E-state index is 11.7. The largest absolute Gasteiger partial charge is 0.463 e. The highest BCUT2D eigenvalue weighted by Gasteiger charge is 2.24. The SMILES string of the molecule is CCOCCOCCOC(=O)C(C)C(=O)OCCOCCOCC. The van der Waals surface area contributed by atoms with Crippen LogP contribution in [0.25, 0.3) is 0 Å². The van der Waals surface area contributed by atoms with Gasteiger partial charge in [0.1, 0.15) is 13.2 Å². The highest BCUT2D eigenvalue weighted by atomic mass is 16.6. The Kier molecular flexibility index (Phi) is 15.8. The van der Waals surface area contributed by atoms with Crippen LogP contribution in [-0.4, -0.2) is 78.0 Å². The van der Waals surface area contributed by atoms with Crippen LogP contribution in [-0.2, 0) is 38.0 Å². The van der Waals surface area contributed by atoms with Crippen LogP contribution in [0.1, 0.15) is 20.8 Å². The maximum Gasteiger partial charge on any atom is 0.320 e. The first-order valence-electron chi connectivity index (χ1n) is 8.27. The smallest absolute Gasteiger partial charge is 0.320 e. The zero-order valence-corrected chi connectivity index (χ0v) is 14.9. The number of hydrogen-bond acceptors (Lipinski definition) is 8. The minimum atomic E-state index is -0.975. The molecule has 0 saturated heterocycles. The van der Waals surface area contributed by atoms with E-state index in [2.05, 4.69) is 0 Å². The molecule has 0 aliphatic rings. The minimum Gasteiger partial charge on any atom is -0.463 e. The fourth-order valence-electron chi connectivity index (χ4n) is 1.48. The van der Waals surface area contributed by atoms with E-state index in [1.54, 1.807) is 0 Å². The third-order valence-corrected chi connectivity index (χ3v) is 2.80. The molecule has 142 valence electrons. The second kappa shape index (κ2) is 16.6. The van der Waals surface area contributed by atoms with Crippen LogP contribution in [0, 0.1) is 5.92 Å². The van der Waals surface area contributed by atoms with E-state index in [4.69, 9.17) is 28.4 Å². The Bertz CT molecular complexity index is 291. The Morgan fingerprint density at radius 1 is 0.625 bits per heavy atom. The molecule has 0 aliphatic heterocycles. The monoisotopic (exact) mass is 350 g/mol. The van der Waals surface area contributed by atoms with Crippen molar-refractivity contribution in [3.8, 4) is 0 Å². The first kappa shape index (κ1) is 22.8. The van der Waals surface area contributed by atoms with Gasteiger partial charge in [0.25, 0.3) is 0 Å². The van der Waals surface area contributed by atoms with Crippen molar-refractivity contribution in [1.82, 2.24) is 0 Å². The highest BCUT2D eigenvalue weighted by molar-refractivity contribution is 5.94. The van der Waals surface area contributed by atoms with Gasteiger partial charge in [-0.15, -0.1) is 0 Å². The van der Waals surface area contributed by atoms with Crippen LogP contribution >= 0.6 is 0 Å². The van der Waals surface area contributed by atoms with Crippen molar-refractivity contribution >= 4 is 11.9 Å². The Hall–Kier alpha value is -1.22. The number of esters is 2. The molecular formula is C16H30O8. The predicted octanol–water partition coefficient (Wildman–Crippen LogP) is 0.815. The summed E-state index contributed by atoms with van der Waals surface area (Å²) in [4.78, 5) is 23.4. The van der Waals surface area contributed by atoms with E-state index < -0.39 is 17.9 Å². The average Bonchev–Trinajstić information content (AvgIpc) is 2.59. The molecule has 0 unspecified atom stereocenters. The van der Waals surface area contributed by atoms with Crippen LogP contribution in [0.4, 0.5) is 0 Å². The van der Waals surface area contributed by atoms with E-state index in [1.807, 2.05) is 13.8 Å². The third-order valence-electron chi connectivity index (χ3n) is 2.80. The van der Waals surface area contributed by atoms with E-state index >= 15 is 0 Å². The number of ether oxygens (including phenoxy) is 6. The molecule has 0 aromatic heterocycles. The molecule has 8 heteroatoms. The molecule has 0 rings (SSSR count). The summed E-state index contributed by atoms with van der Waals surface area (Å²) in [5, 5.41) is 0. The van der Waals surface area contributed by atoms with E-state index in [9.17, 15) is 9.59 Å². The summed E-state index contributed by atoms with van der Waals surface area (Å²) in [6.07, 6.45) is 0. The number of carbonyl (C=O) groups excluding carboxylic acids is 2. The van der Waals surface area contributed by atoms with Gasteiger partial charge in [0, 0.05) is 13.2 Å². The summed E-state index contributed by atoms with van der Waals surface area (Å²) in [7, 11) is 0. The zero-order valence-electron chi connectivity index (χ0n) is 14.9. The fraction of sp³-hybridized carbons (Fsp3) is 0.875. The predicted molar refractivity (Wildman–Crippen MR) is 85.7 cm³/mol. The third kappa shape index (κ3) is 13.2. The molecule has 0 atom stereocenters. The van der Waals surface area contributed by atoms with E-state index in [-0.39, 0.29) is 26.4 Å². The standard InChI is InChI=1S/C16H30O8/c1-4-19-6-8-21-10-12-23-15(17)14(3)16(18)24-13-11-22-9-7-20-5-2/h14H,4-13H2,1-3H3. The lowest BCUT2D eigenvalue weighted by atomic mass is 10.2. The maximum atomic E-state index is 11.7. The molecule has 0 amide bonds. The molecule has 0 saturated carbocycles. The van der Waals surface area contributed by atoms with Crippen LogP contribution in [0.15, 0.2) is 0 Å².